The van der Waals surface area contributed by atoms with Crippen LogP contribution >= 0.6 is 0 Å². The molecular formula is C13H17NO3. The zero-order chi connectivity index (χ0) is 12.3. The number of benzene rings is 1. The van der Waals surface area contributed by atoms with Crippen molar-refractivity contribution in [2.45, 2.75) is 32.2 Å². The molecule has 1 saturated heterocycles. The van der Waals surface area contributed by atoms with Crippen LogP contribution in [0.2, 0.25) is 0 Å². The highest BCUT2D eigenvalue weighted by Gasteiger charge is 2.16. The fourth-order valence-electron chi connectivity index (χ4n) is 2.13. The molecule has 17 heavy (non-hydrogen) atoms. The topological polar surface area (TPSA) is 58.6 Å². The van der Waals surface area contributed by atoms with Gasteiger partial charge in [0.15, 0.2) is 11.5 Å². The molecule has 0 aromatic heterocycles. The summed E-state index contributed by atoms with van der Waals surface area (Å²) in [6, 6.07) is 5.49. The van der Waals surface area contributed by atoms with Crippen LogP contribution in [0.3, 0.4) is 0 Å². The number of hydrogen-bond acceptors (Lipinski definition) is 4. The number of nitrogens with one attached hydrogen (secondary N) is 1. The van der Waals surface area contributed by atoms with E-state index in [0.717, 1.165) is 18.5 Å². The van der Waals surface area contributed by atoms with Gasteiger partial charge < -0.3 is 15.2 Å². The Labute approximate surface area is 101 Å². The molecule has 1 aromatic carbocycles. The van der Waals surface area contributed by atoms with Gasteiger partial charge in [0.2, 0.25) is 0 Å². The van der Waals surface area contributed by atoms with Gasteiger partial charge in [-0.1, -0.05) is 12.5 Å². The van der Waals surface area contributed by atoms with Crippen molar-refractivity contribution in [3.63, 3.8) is 0 Å². The second-order valence-electron chi connectivity index (χ2n) is 4.32. The van der Waals surface area contributed by atoms with Gasteiger partial charge in [-0.05, 0) is 37.1 Å². The number of hydrogen-bond donors (Lipinski definition) is 2. The molecule has 92 valence electrons. The molecule has 0 aliphatic carbocycles. The molecule has 4 heteroatoms. The fraction of sp³-hybridized carbons (Fsp3) is 0.462. The van der Waals surface area contributed by atoms with Crippen molar-refractivity contribution in [2.75, 3.05) is 6.54 Å². The molecule has 0 spiro atoms. The lowest BCUT2D eigenvalue weighted by atomic mass is 9.97. The molecule has 0 unspecified atom stereocenters. The Morgan fingerprint density at radius 3 is 2.88 bits per heavy atom. The van der Waals surface area contributed by atoms with Crippen LogP contribution in [0.25, 0.3) is 0 Å². The van der Waals surface area contributed by atoms with Crippen LogP contribution in [0.15, 0.2) is 18.2 Å². The minimum atomic E-state index is -0.427. The van der Waals surface area contributed by atoms with Crippen LogP contribution in [0.1, 0.15) is 37.8 Å². The minimum Gasteiger partial charge on any atom is -0.504 e. The highest BCUT2D eigenvalue weighted by Crippen LogP contribution is 2.31. The van der Waals surface area contributed by atoms with E-state index in [1.165, 1.54) is 19.8 Å². The Bertz CT molecular complexity index is 411. The Kier molecular flexibility index (Phi) is 3.64. The first-order valence-corrected chi connectivity index (χ1v) is 5.91. The van der Waals surface area contributed by atoms with Crippen molar-refractivity contribution in [3.8, 4) is 11.5 Å². The summed E-state index contributed by atoms with van der Waals surface area (Å²) in [4.78, 5) is 10.8. The van der Waals surface area contributed by atoms with Crippen LogP contribution < -0.4 is 10.1 Å². The van der Waals surface area contributed by atoms with Gasteiger partial charge in [0, 0.05) is 13.0 Å². The zero-order valence-corrected chi connectivity index (χ0v) is 9.90. The summed E-state index contributed by atoms with van der Waals surface area (Å²) in [5, 5.41) is 13.2. The molecule has 1 aliphatic heterocycles. The number of carbonyl (C=O) groups excluding carboxylic acids is 1. The quantitative estimate of drug-likeness (QED) is 0.609. The molecule has 1 aromatic rings. The van der Waals surface area contributed by atoms with Crippen molar-refractivity contribution >= 4 is 5.97 Å². The fourth-order valence-corrected chi connectivity index (χ4v) is 2.13. The van der Waals surface area contributed by atoms with E-state index in [1.54, 1.807) is 12.1 Å². The molecule has 2 rings (SSSR count). The molecule has 0 radical (unpaired) electrons. The lowest BCUT2D eigenvalue weighted by Gasteiger charge is -2.24. The molecule has 1 atom stereocenters. The SMILES string of the molecule is CC(=O)Oc1ccc([C@@H]2CCCCN2)cc1O. The summed E-state index contributed by atoms with van der Waals surface area (Å²) in [6.07, 6.45) is 3.48. The van der Waals surface area contributed by atoms with Gasteiger partial charge in [0.1, 0.15) is 0 Å². The summed E-state index contributed by atoms with van der Waals surface area (Å²) in [7, 11) is 0. The minimum absolute atomic E-state index is 0.0186. The monoisotopic (exact) mass is 235 g/mol. The smallest absolute Gasteiger partial charge is 0.308 e. The number of aromatic hydroxyl groups is 1. The highest BCUT2D eigenvalue weighted by molar-refractivity contribution is 5.70. The van der Waals surface area contributed by atoms with Crippen molar-refractivity contribution in [1.29, 1.82) is 0 Å². The Morgan fingerprint density at radius 2 is 2.29 bits per heavy atom. The van der Waals surface area contributed by atoms with Crippen molar-refractivity contribution in [1.82, 2.24) is 5.32 Å². The van der Waals surface area contributed by atoms with E-state index < -0.39 is 5.97 Å². The molecule has 0 bridgehead atoms. The maximum atomic E-state index is 10.8. The second kappa shape index (κ2) is 5.19. The van der Waals surface area contributed by atoms with Crippen LogP contribution in [0, 0.1) is 0 Å². The third kappa shape index (κ3) is 2.97. The molecular weight excluding hydrogens is 218 g/mol. The van der Waals surface area contributed by atoms with Gasteiger partial charge >= 0.3 is 5.97 Å². The number of carbonyl (C=O) groups is 1. The predicted molar refractivity (Wildman–Crippen MR) is 64.0 cm³/mol. The van der Waals surface area contributed by atoms with E-state index in [2.05, 4.69) is 5.32 Å². The molecule has 1 heterocycles. The number of phenolic OH excluding ortho intramolecular Hbond substituents is 1. The highest BCUT2D eigenvalue weighted by atomic mass is 16.5. The molecule has 1 aliphatic rings. The summed E-state index contributed by atoms with van der Waals surface area (Å²) < 4.78 is 4.88. The first kappa shape index (κ1) is 11.9. The van der Waals surface area contributed by atoms with E-state index >= 15 is 0 Å². The van der Waals surface area contributed by atoms with Crippen LogP contribution in [-0.4, -0.2) is 17.6 Å². The van der Waals surface area contributed by atoms with E-state index in [0.29, 0.717) is 6.04 Å². The Morgan fingerprint density at radius 1 is 1.47 bits per heavy atom. The third-order valence-electron chi connectivity index (χ3n) is 2.95. The van der Waals surface area contributed by atoms with E-state index in [4.69, 9.17) is 4.74 Å². The lowest BCUT2D eigenvalue weighted by molar-refractivity contribution is -0.132. The van der Waals surface area contributed by atoms with Gasteiger partial charge in [-0.15, -0.1) is 0 Å². The van der Waals surface area contributed by atoms with Gasteiger partial charge in [-0.2, -0.15) is 0 Å². The van der Waals surface area contributed by atoms with Crippen LogP contribution in [0.4, 0.5) is 0 Å². The van der Waals surface area contributed by atoms with Gasteiger partial charge in [-0.25, -0.2) is 0 Å². The second-order valence-corrected chi connectivity index (χ2v) is 4.32. The summed E-state index contributed by atoms with van der Waals surface area (Å²) in [5.74, 6) is -0.189. The first-order valence-electron chi connectivity index (χ1n) is 5.91. The number of esters is 1. The van der Waals surface area contributed by atoms with Crippen molar-refractivity contribution < 1.29 is 14.6 Å². The number of rotatable bonds is 2. The van der Waals surface area contributed by atoms with E-state index in [1.807, 2.05) is 6.07 Å². The molecule has 4 nitrogen and oxygen atoms in total. The lowest BCUT2D eigenvalue weighted by Crippen LogP contribution is -2.26. The number of phenols is 1. The van der Waals surface area contributed by atoms with Gasteiger partial charge in [0.25, 0.3) is 0 Å². The Balaban J connectivity index is 2.14. The molecule has 0 saturated carbocycles. The van der Waals surface area contributed by atoms with Crippen molar-refractivity contribution in [2.24, 2.45) is 0 Å². The normalized spacial score (nSPS) is 19.9. The number of ether oxygens (including phenoxy) is 1. The average molecular weight is 235 g/mol. The average Bonchev–Trinajstić information content (AvgIpc) is 2.32. The third-order valence-corrected chi connectivity index (χ3v) is 2.95. The zero-order valence-electron chi connectivity index (χ0n) is 9.90. The summed E-state index contributed by atoms with van der Waals surface area (Å²) >= 11 is 0. The molecule has 2 N–H and O–H groups in total. The predicted octanol–water partition coefficient (Wildman–Crippen LogP) is 2.13. The van der Waals surface area contributed by atoms with Crippen LogP contribution in [-0.2, 0) is 4.79 Å². The van der Waals surface area contributed by atoms with E-state index in [-0.39, 0.29) is 11.5 Å². The Hall–Kier alpha value is -1.55. The maximum absolute atomic E-state index is 10.8. The summed E-state index contributed by atoms with van der Waals surface area (Å²) in [5.41, 5.74) is 1.04. The van der Waals surface area contributed by atoms with Crippen LogP contribution in [0.5, 0.6) is 11.5 Å². The molecule has 0 amide bonds. The maximum Gasteiger partial charge on any atom is 0.308 e. The van der Waals surface area contributed by atoms with E-state index in [9.17, 15) is 9.90 Å². The molecule has 1 fully saturated rings. The first-order chi connectivity index (χ1) is 8.16. The van der Waals surface area contributed by atoms with Gasteiger partial charge in [0.05, 0.1) is 0 Å². The number of piperidine rings is 1. The largest absolute Gasteiger partial charge is 0.504 e. The standard InChI is InChI=1S/C13H17NO3/c1-9(15)17-13-6-5-10(8-12(13)16)11-4-2-3-7-14-11/h5-6,8,11,14,16H,2-4,7H2,1H3/t11-/m0/s1. The van der Waals surface area contributed by atoms with Gasteiger partial charge in [-0.3, -0.25) is 4.79 Å². The summed E-state index contributed by atoms with van der Waals surface area (Å²) in [6.45, 7) is 2.33. The van der Waals surface area contributed by atoms with Crippen molar-refractivity contribution in [3.05, 3.63) is 23.8 Å².